The van der Waals surface area contributed by atoms with Gasteiger partial charge in [0.05, 0.1) is 25.7 Å². The van der Waals surface area contributed by atoms with Gasteiger partial charge in [-0.25, -0.2) is 13.2 Å². The Morgan fingerprint density at radius 3 is 2.31 bits per heavy atom. The normalized spacial score (nSPS) is 24.8. The Balaban J connectivity index is 3.01. The maximum absolute atomic E-state index is 11.4. The van der Waals surface area contributed by atoms with Crippen LogP contribution in [0.5, 0.6) is 0 Å². The first kappa shape index (κ1) is 12.8. The molecule has 1 aliphatic heterocycles. The fraction of sp³-hybridized carbons (Fsp3) is 0.667. The fourth-order valence-electron chi connectivity index (χ4n) is 1.67. The quantitative estimate of drug-likeness (QED) is 0.431. The molecule has 0 radical (unpaired) electrons. The predicted octanol–water partition coefficient (Wildman–Crippen LogP) is 0.0101. The smallest absolute Gasteiger partial charge is 0.341 e. The molecular weight excluding hydrogens is 236 g/mol. The molecule has 1 rings (SSSR count). The van der Waals surface area contributed by atoms with E-state index in [1.807, 2.05) is 0 Å². The van der Waals surface area contributed by atoms with Crippen LogP contribution in [0.3, 0.4) is 0 Å². The van der Waals surface area contributed by atoms with Crippen LogP contribution < -0.4 is 0 Å². The van der Waals surface area contributed by atoms with E-state index in [1.165, 1.54) is 7.11 Å². The minimum absolute atomic E-state index is 0.00908. The van der Waals surface area contributed by atoms with Crippen LogP contribution in [0, 0.1) is 5.92 Å². The first-order valence-electron chi connectivity index (χ1n) is 4.67. The molecule has 7 heteroatoms. The average molecular weight is 250 g/mol. The van der Waals surface area contributed by atoms with Crippen molar-refractivity contribution in [2.75, 3.05) is 25.7 Å². The monoisotopic (exact) mass is 250 g/mol. The van der Waals surface area contributed by atoms with Crippen molar-refractivity contribution in [2.45, 2.75) is 6.42 Å². The number of ether oxygens (including phenoxy) is 2. The maximum Gasteiger partial charge on any atom is 0.341 e. The van der Waals surface area contributed by atoms with Crippen molar-refractivity contribution in [1.29, 1.82) is 0 Å². The number of sulfone groups is 1. The van der Waals surface area contributed by atoms with E-state index in [1.54, 1.807) is 0 Å². The number of esters is 1. The summed E-state index contributed by atoms with van der Waals surface area (Å²) >= 11 is 0. The van der Waals surface area contributed by atoms with Gasteiger partial charge < -0.3 is 14.6 Å². The van der Waals surface area contributed by atoms with Gasteiger partial charge in [0.2, 0.25) is 0 Å². The van der Waals surface area contributed by atoms with E-state index in [2.05, 4.69) is 9.47 Å². The summed E-state index contributed by atoms with van der Waals surface area (Å²) in [5, 5.41) is 9.41. The Morgan fingerprint density at radius 2 is 1.94 bits per heavy atom. The Morgan fingerprint density at radius 1 is 1.31 bits per heavy atom. The van der Waals surface area contributed by atoms with E-state index in [-0.39, 0.29) is 17.1 Å². The lowest BCUT2D eigenvalue weighted by Gasteiger charge is -2.12. The maximum atomic E-state index is 11.4. The van der Waals surface area contributed by atoms with Crippen LogP contribution in [-0.4, -0.2) is 45.2 Å². The number of rotatable bonds is 3. The molecule has 16 heavy (non-hydrogen) atoms. The molecule has 0 unspecified atom stereocenters. The van der Waals surface area contributed by atoms with Crippen LogP contribution in [0.15, 0.2) is 11.5 Å². The van der Waals surface area contributed by atoms with Crippen molar-refractivity contribution in [1.82, 2.24) is 0 Å². The summed E-state index contributed by atoms with van der Waals surface area (Å²) in [7, 11) is -0.775. The lowest BCUT2D eigenvalue weighted by atomic mass is 9.99. The average Bonchev–Trinajstić information content (AvgIpc) is 2.58. The zero-order valence-electron chi connectivity index (χ0n) is 9.10. The van der Waals surface area contributed by atoms with Crippen LogP contribution in [-0.2, 0) is 24.1 Å². The molecule has 0 aliphatic carbocycles. The highest BCUT2D eigenvalue weighted by Gasteiger charge is 2.36. The zero-order valence-corrected chi connectivity index (χ0v) is 9.91. The highest BCUT2D eigenvalue weighted by atomic mass is 32.2. The summed E-state index contributed by atoms with van der Waals surface area (Å²) in [6.45, 7) is 0. The molecule has 1 aliphatic rings. The first-order valence-corrected chi connectivity index (χ1v) is 6.49. The molecule has 0 spiro atoms. The third-order valence-electron chi connectivity index (χ3n) is 2.47. The van der Waals surface area contributed by atoms with Gasteiger partial charge in [-0.2, -0.15) is 0 Å². The van der Waals surface area contributed by atoms with E-state index >= 15 is 0 Å². The van der Waals surface area contributed by atoms with E-state index < -0.39 is 27.7 Å². The second-order valence-corrected chi connectivity index (χ2v) is 5.74. The summed E-state index contributed by atoms with van der Waals surface area (Å²) in [4.78, 5) is 11.4. The lowest BCUT2D eigenvalue weighted by Crippen LogP contribution is -2.19. The molecule has 0 aromatic rings. The van der Waals surface area contributed by atoms with E-state index in [9.17, 15) is 18.3 Å². The molecule has 0 bridgehead atoms. The third-order valence-corrected chi connectivity index (χ3v) is 4.24. The summed E-state index contributed by atoms with van der Waals surface area (Å²) in [6.07, 6.45) is 0.292. The second kappa shape index (κ2) is 4.73. The molecule has 6 nitrogen and oxygen atoms in total. The molecule has 0 aromatic heterocycles. The van der Waals surface area contributed by atoms with Gasteiger partial charge in [0.1, 0.15) is 5.57 Å². The minimum atomic E-state index is -3.13. The van der Waals surface area contributed by atoms with Crippen molar-refractivity contribution in [3.05, 3.63) is 11.5 Å². The molecule has 1 heterocycles. The van der Waals surface area contributed by atoms with Crippen molar-refractivity contribution in [3.63, 3.8) is 0 Å². The number of carbonyl (C=O) groups excluding carboxylic acids is 1. The summed E-state index contributed by atoms with van der Waals surface area (Å²) in [5.41, 5.74) is -0.105. The molecule has 1 fully saturated rings. The van der Waals surface area contributed by atoms with Gasteiger partial charge in [-0.1, -0.05) is 0 Å². The van der Waals surface area contributed by atoms with Gasteiger partial charge in [-0.05, 0) is 6.42 Å². The van der Waals surface area contributed by atoms with Gasteiger partial charge in [-0.15, -0.1) is 0 Å². The standard InChI is InChI=1S/C9H14O6S/c1-14-8(10)7(9(11)15-2)6-3-4-16(12,13)5-6/h6,10H,3-5H2,1-2H3/t6-/m1/s1. The van der Waals surface area contributed by atoms with Gasteiger partial charge in [0.25, 0.3) is 5.95 Å². The second-order valence-electron chi connectivity index (χ2n) is 3.51. The van der Waals surface area contributed by atoms with Gasteiger partial charge in [0.15, 0.2) is 9.84 Å². The molecule has 1 atom stereocenters. The number of carbonyl (C=O) groups is 1. The summed E-state index contributed by atoms with van der Waals surface area (Å²) in [6, 6.07) is 0. The van der Waals surface area contributed by atoms with Crippen molar-refractivity contribution in [2.24, 2.45) is 5.92 Å². The molecule has 92 valence electrons. The van der Waals surface area contributed by atoms with Crippen LogP contribution in [0.1, 0.15) is 6.42 Å². The zero-order chi connectivity index (χ0) is 12.3. The van der Waals surface area contributed by atoms with Crippen LogP contribution in [0.2, 0.25) is 0 Å². The van der Waals surface area contributed by atoms with Crippen LogP contribution >= 0.6 is 0 Å². The highest BCUT2D eigenvalue weighted by molar-refractivity contribution is 7.91. The van der Waals surface area contributed by atoms with Crippen LogP contribution in [0.4, 0.5) is 0 Å². The van der Waals surface area contributed by atoms with Crippen molar-refractivity contribution < 1.29 is 27.8 Å². The number of hydrogen-bond donors (Lipinski definition) is 1. The first-order chi connectivity index (χ1) is 7.41. The molecule has 0 amide bonds. The number of hydrogen-bond acceptors (Lipinski definition) is 6. The van der Waals surface area contributed by atoms with E-state index in [0.29, 0.717) is 6.42 Å². The third kappa shape index (κ3) is 2.66. The molecule has 1 saturated heterocycles. The van der Waals surface area contributed by atoms with Gasteiger partial charge >= 0.3 is 5.97 Å². The number of methoxy groups -OCH3 is 2. The van der Waals surface area contributed by atoms with Crippen LogP contribution in [0.25, 0.3) is 0 Å². The molecule has 1 N–H and O–H groups in total. The highest BCUT2D eigenvalue weighted by Crippen LogP contribution is 2.28. The predicted molar refractivity (Wildman–Crippen MR) is 55.4 cm³/mol. The molecule has 0 saturated carbocycles. The van der Waals surface area contributed by atoms with E-state index in [4.69, 9.17) is 0 Å². The van der Waals surface area contributed by atoms with Gasteiger partial charge in [0, 0.05) is 5.92 Å². The Bertz CT molecular complexity index is 408. The topological polar surface area (TPSA) is 89.9 Å². The fourth-order valence-corrected chi connectivity index (χ4v) is 3.43. The lowest BCUT2D eigenvalue weighted by molar-refractivity contribution is -0.137. The van der Waals surface area contributed by atoms with Crippen molar-refractivity contribution >= 4 is 15.8 Å². The SMILES string of the molecule is COC(=O)C(=C(O)OC)[C@@H]1CCS(=O)(=O)C1. The Kier molecular flexibility index (Phi) is 3.79. The van der Waals surface area contributed by atoms with Crippen molar-refractivity contribution in [3.8, 4) is 0 Å². The van der Waals surface area contributed by atoms with E-state index in [0.717, 1.165) is 7.11 Å². The summed E-state index contributed by atoms with van der Waals surface area (Å²) in [5.74, 6) is -2.05. The Labute approximate surface area is 93.8 Å². The number of aliphatic hydroxyl groups is 1. The van der Waals surface area contributed by atoms with Gasteiger partial charge in [-0.3, -0.25) is 0 Å². The number of aliphatic hydroxyl groups excluding tert-OH is 1. The molecular formula is C9H14O6S. The molecule has 0 aromatic carbocycles. The summed E-state index contributed by atoms with van der Waals surface area (Å²) < 4.78 is 31.6. The largest absolute Gasteiger partial charge is 0.481 e. The minimum Gasteiger partial charge on any atom is -0.481 e. The Hall–Kier alpha value is -1.24.